The summed E-state index contributed by atoms with van der Waals surface area (Å²) in [7, 11) is 0. The minimum Gasteiger partial charge on any atom is -0.508 e. The Labute approximate surface area is 150 Å². The fourth-order valence-electron chi connectivity index (χ4n) is 2.95. The molecule has 1 aliphatic rings. The molecule has 0 radical (unpaired) electrons. The smallest absolute Gasteiger partial charge is 0.221 e. The molecular weight excluding hydrogens is 316 g/mol. The SMILES string of the molecule is O=C1CC(c2ccc(O)cc2)NCCCNCCCCNCCCN1. The number of carbonyl (C=O) groups excluding carboxylic acids is 1. The van der Waals surface area contributed by atoms with Gasteiger partial charge in [0.1, 0.15) is 5.75 Å². The summed E-state index contributed by atoms with van der Waals surface area (Å²) in [5.41, 5.74) is 1.03. The first-order chi connectivity index (χ1) is 12.3. The molecule has 1 heterocycles. The van der Waals surface area contributed by atoms with E-state index in [1.807, 2.05) is 12.1 Å². The fraction of sp³-hybridized carbons (Fsp3) is 0.632. The maximum atomic E-state index is 12.2. The Kier molecular flexibility index (Phi) is 9.33. The van der Waals surface area contributed by atoms with Crippen LogP contribution in [0.4, 0.5) is 0 Å². The second-order valence-electron chi connectivity index (χ2n) is 6.57. The molecule has 1 aliphatic heterocycles. The highest BCUT2D eigenvalue weighted by molar-refractivity contribution is 5.76. The van der Waals surface area contributed by atoms with Gasteiger partial charge in [-0.05, 0) is 76.1 Å². The van der Waals surface area contributed by atoms with E-state index < -0.39 is 0 Å². The van der Waals surface area contributed by atoms with Gasteiger partial charge in [-0.3, -0.25) is 4.79 Å². The van der Waals surface area contributed by atoms with Crippen LogP contribution >= 0.6 is 0 Å². The lowest BCUT2D eigenvalue weighted by atomic mass is 10.0. The van der Waals surface area contributed by atoms with E-state index in [1.165, 1.54) is 12.8 Å². The average molecular weight is 348 g/mol. The minimum absolute atomic E-state index is 0.0330. The lowest BCUT2D eigenvalue weighted by molar-refractivity contribution is -0.121. The summed E-state index contributed by atoms with van der Waals surface area (Å²) in [4.78, 5) is 12.2. The zero-order chi connectivity index (χ0) is 17.7. The normalized spacial score (nSPS) is 22.7. The highest BCUT2D eigenvalue weighted by atomic mass is 16.3. The lowest BCUT2D eigenvalue weighted by Gasteiger charge is -2.19. The van der Waals surface area contributed by atoms with Crippen molar-refractivity contribution in [3.05, 3.63) is 29.8 Å². The van der Waals surface area contributed by atoms with Crippen LogP contribution in [0.5, 0.6) is 5.75 Å². The third kappa shape index (κ3) is 8.34. The van der Waals surface area contributed by atoms with Crippen molar-refractivity contribution in [2.24, 2.45) is 0 Å². The quantitative estimate of drug-likeness (QED) is 0.528. The second kappa shape index (κ2) is 11.8. The summed E-state index contributed by atoms with van der Waals surface area (Å²) in [5.74, 6) is 0.308. The molecular formula is C19H32N4O2. The number of amides is 1. The van der Waals surface area contributed by atoms with Crippen molar-refractivity contribution in [1.82, 2.24) is 21.3 Å². The summed E-state index contributed by atoms with van der Waals surface area (Å²) in [6.45, 7) is 5.58. The molecule has 1 fully saturated rings. The molecule has 0 bridgehead atoms. The number of nitrogens with one attached hydrogen (secondary N) is 4. The summed E-state index contributed by atoms with van der Waals surface area (Å²) in [5, 5.41) is 22.9. The van der Waals surface area contributed by atoms with Crippen LogP contribution in [0.1, 0.15) is 43.7 Å². The van der Waals surface area contributed by atoms with E-state index in [2.05, 4.69) is 21.3 Å². The van der Waals surface area contributed by atoms with Gasteiger partial charge in [-0.1, -0.05) is 12.1 Å². The number of rotatable bonds is 1. The first-order valence-corrected chi connectivity index (χ1v) is 9.46. The molecule has 6 heteroatoms. The van der Waals surface area contributed by atoms with Crippen LogP contribution in [0, 0.1) is 0 Å². The minimum atomic E-state index is -0.0330. The van der Waals surface area contributed by atoms with Gasteiger partial charge in [-0.2, -0.15) is 0 Å². The van der Waals surface area contributed by atoms with Gasteiger partial charge in [0.25, 0.3) is 0 Å². The summed E-state index contributed by atoms with van der Waals surface area (Å²) >= 11 is 0. The molecule has 140 valence electrons. The van der Waals surface area contributed by atoms with Crippen molar-refractivity contribution in [2.45, 2.75) is 38.1 Å². The Bertz CT molecular complexity index is 493. The van der Waals surface area contributed by atoms with E-state index in [1.54, 1.807) is 12.1 Å². The van der Waals surface area contributed by atoms with Crippen LogP contribution in [-0.2, 0) is 4.79 Å². The van der Waals surface area contributed by atoms with E-state index in [0.29, 0.717) is 13.0 Å². The molecule has 0 spiro atoms. The summed E-state index contributed by atoms with van der Waals surface area (Å²) in [6, 6.07) is 7.07. The molecule has 1 amide bonds. The Balaban J connectivity index is 1.91. The molecule has 6 nitrogen and oxygen atoms in total. The van der Waals surface area contributed by atoms with E-state index in [9.17, 15) is 9.90 Å². The van der Waals surface area contributed by atoms with Gasteiger partial charge in [-0.15, -0.1) is 0 Å². The number of aromatic hydroxyl groups is 1. The van der Waals surface area contributed by atoms with Crippen LogP contribution in [0.25, 0.3) is 0 Å². The van der Waals surface area contributed by atoms with Crippen LogP contribution in [0.15, 0.2) is 24.3 Å². The van der Waals surface area contributed by atoms with Gasteiger partial charge in [-0.25, -0.2) is 0 Å². The average Bonchev–Trinajstić information content (AvgIpc) is 2.61. The third-order valence-electron chi connectivity index (χ3n) is 4.42. The number of phenols is 1. The van der Waals surface area contributed by atoms with Crippen LogP contribution in [-0.4, -0.2) is 50.3 Å². The van der Waals surface area contributed by atoms with E-state index in [4.69, 9.17) is 0 Å². The van der Waals surface area contributed by atoms with Crippen molar-refractivity contribution in [2.75, 3.05) is 39.3 Å². The van der Waals surface area contributed by atoms with Gasteiger partial charge in [0.15, 0.2) is 0 Å². The Morgan fingerprint density at radius 3 is 2.08 bits per heavy atom. The molecule has 0 aliphatic carbocycles. The molecule has 0 aromatic heterocycles. The van der Waals surface area contributed by atoms with Crippen molar-refractivity contribution in [3.63, 3.8) is 0 Å². The van der Waals surface area contributed by atoms with Crippen LogP contribution in [0.3, 0.4) is 0 Å². The Morgan fingerprint density at radius 2 is 1.40 bits per heavy atom. The topological polar surface area (TPSA) is 85.4 Å². The van der Waals surface area contributed by atoms with Gasteiger partial charge >= 0.3 is 0 Å². The van der Waals surface area contributed by atoms with Crippen molar-refractivity contribution in [3.8, 4) is 5.75 Å². The Morgan fingerprint density at radius 1 is 0.800 bits per heavy atom. The molecule has 0 saturated carbocycles. The molecule has 1 saturated heterocycles. The molecule has 1 aromatic carbocycles. The van der Waals surface area contributed by atoms with Gasteiger partial charge in [0.05, 0.1) is 0 Å². The van der Waals surface area contributed by atoms with E-state index in [-0.39, 0.29) is 17.7 Å². The number of benzene rings is 1. The molecule has 5 N–H and O–H groups in total. The predicted molar refractivity (Wildman–Crippen MR) is 101 cm³/mol. The van der Waals surface area contributed by atoms with Crippen molar-refractivity contribution >= 4 is 5.91 Å². The number of hydrogen-bond donors (Lipinski definition) is 5. The summed E-state index contributed by atoms with van der Waals surface area (Å²) in [6.07, 6.45) is 4.75. The molecule has 2 rings (SSSR count). The van der Waals surface area contributed by atoms with Crippen molar-refractivity contribution in [1.29, 1.82) is 0 Å². The predicted octanol–water partition coefficient (Wildman–Crippen LogP) is 1.28. The fourth-order valence-corrected chi connectivity index (χ4v) is 2.95. The van der Waals surface area contributed by atoms with Gasteiger partial charge in [0, 0.05) is 19.0 Å². The van der Waals surface area contributed by atoms with E-state index in [0.717, 1.165) is 51.1 Å². The number of hydrogen-bond acceptors (Lipinski definition) is 5. The maximum absolute atomic E-state index is 12.2. The largest absolute Gasteiger partial charge is 0.508 e. The second-order valence-corrected chi connectivity index (χ2v) is 6.57. The molecule has 1 unspecified atom stereocenters. The number of phenolic OH excluding ortho intramolecular Hbond substituents is 1. The zero-order valence-electron chi connectivity index (χ0n) is 15.0. The molecule has 1 atom stereocenters. The molecule has 25 heavy (non-hydrogen) atoms. The number of carbonyl (C=O) groups is 1. The first-order valence-electron chi connectivity index (χ1n) is 9.46. The van der Waals surface area contributed by atoms with Crippen LogP contribution in [0.2, 0.25) is 0 Å². The standard InChI is InChI=1S/C19H32N4O2/c24-17-7-5-16(6-8-17)18-15-19(25)23-14-4-12-21-10-2-1-9-20-11-3-13-22-18/h5-8,18,20-22,24H,1-4,9-15H2,(H,23,25). The third-order valence-corrected chi connectivity index (χ3v) is 4.42. The lowest BCUT2D eigenvalue weighted by Crippen LogP contribution is -2.33. The van der Waals surface area contributed by atoms with E-state index >= 15 is 0 Å². The summed E-state index contributed by atoms with van der Waals surface area (Å²) < 4.78 is 0. The zero-order valence-corrected chi connectivity index (χ0v) is 15.0. The van der Waals surface area contributed by atoms with Crippen LogP contribution < -0.4 is 21.3 Å². The monoisotopic (exact) mass is 348 g/mol. The first kappa shape index (κ1) is 19.7. The molecule has 1 aromatic rings. The van der Waals surface area contributed by atoms with Gasteiger partial charge in [0.2, 0.25) is 5.91 Å². The van der Waals surface area contributed by atoms with Gasteiger partial charge < -0.3 is 26.4 Å². The van der Waals surface area contributed by atoms with Crippen molar-refractivity contribution < 1.29 is 9.90 Å². The highest BCUT2D eigenvalue weighted by Crippen LogP contribution is 2.19. The highest BCUT2D eigenvalue weighted by Gasteiger charge is 2.15. The maximum Gasteiger partial charge on any atom is 0.221 e. The Hall–Kier alpha value is -1.63.